The van der Waals surface area contributed by atoms with E-state index in [0.717, 1.165) is 24.2 Å². The molecule has 0 bridgehead atoms. The summed E-state index contributed by atoms with van der Waals surface area (Å²) >= 11 is 0. The number of anilines is 1. The van der Waals surface area contributed by atoms with Crippen LogP contribution in [-0.2, 0) is 0 Å². The molecule has 1 amide bonds. The molecule has 4 nitrogen and oxygen atoms in total. The lowest BCUT2D eigenvalue weighted by Crippen LogP contribution is -2.26. The van der Waals surface area contributed by atoms with Crippen LogP contribution in [0.1, 0.15) is 55.3 Å². The van der Waals surface area contributed by atoms with Crippen molar-refractivity contribution in [1.82, 2.24) is 10.2 Å². The van der Waals surface area contributed by atoms with Gasteiger partial charge in [0.1, 0.15) is 0 Å². The summed E-state index contributed by atoms with van der Waals surface area (Å²) in [6.07, 6.45) is 9.02. The number of nitrogens with one attached hydrogen (secondary N) is 1. The van der Waals surface area contributed by atoms with Gasteiger partial charge in [0.2, 0.25) is 0 Å². The maximum Gasteiger partial charge on any atom is 0.251 e. The molecular formula is C20H33N3O. The molecule has 0 saturated carbocycles. The number of carbonyl (C=O) groups is 1. The molecule has 134 valence electrons. The van der Waals surface area contributed by atoms with E-state index in [-0.39, 0.29) is 5.91 Å². The fourth-order valence-electron chi connectivity index (χ4n) is 3.23. The van der Waals surface area contributed by atoms with Crippen LogP contribution in [0.15, 0.2) is 24.3 Å². The Hall–Kier alpha value is -1.55. The van der Waals surface area contributed by atoms with Gasteiger partial charge in [-0.25, -0.2) is 0 Å². The highest BCUT2D eigenvalue weighted by Crippen LogP contribution is 2.13. The molecule has 2 rings (SSSR count). The van der Waals surface area contributed by atoms with Crippen molar-refractivity contribution in [2.45, 2.75) is 44.9 Å². The lowest BCUT2D eigenvalue weighted by molar-refractivity contribution is 0.0953. The monoisotopic (exact) mass is 331 g/mol. The number of hydrogen-bond donors (Lipinski definition) is 1. The number of benzene rings is 1. The van der Waals surface area contributed by atoms with Gasteiger partial charge in [0.25, 0.3) is 5.91 Å². The van der Waals surface area contributed by atoms with Gasteiger partial charge in [-0.2, -0.15) is 0 Å². The number of rotatable bonds is 8. The maximum atomic E-state index is 12.2. The lowest BCUT2D eigenvalue weighted by atomic mass is 10.1. The van der Waals surface area contributed by atoms with E-state index in [1.54, 1.807) is 0 Å². The van der Waals surface area contributed by atoms with Crippen molar-refractivity contribution in [3.05, 3.63) is 29.8 Å². The minimum Gasteiger partial charge on any atom is -0.378 e. The van der Waals surface area contributed by atoms with Gasteiger partial charge in [0, 0.05) is 31.9 Å². The van der Waals surface area contributed by atoms with Gasteiger partial charge in [-0.05, 0) is 63.5 Å². The summed E-state index contributed by atoms with van der Waals surface area (Å²) in [6.45, 7) is 4.54. The average Bonchev–Trinajstić information content (AvgIpc) is 2.86. The molecule has 0 unspecified atom stereocenters. The summed E-state index contributed by atoms with van der Waals surface area (Å²) in [6, 6.07) is 7.77. The Labute approximate surface area is 147 Å². The standard InChI is InChI=1S/C20H33N3O/c1-22(2)19-12-10-11-18(17-19)20(24)21-13-6-5-9-16-23-14-7-3-4-8-15-23/h10-12,17H,3-9,13-16H2,1-2H3,(H,21,24). The molecule has 1 N–H and O–H groups in total. The number of amides is 1. The van der Waals surface area contributed by atoms with Gasteiger partial charge in [0.15, 0.2) is 0 Å². The second-order valence-electron chi connectivity index (χ2n) is 7.02. The number of carbonyl (C=O) groups excluding carboxylic acids is 1. The molecule has 4 heteroatoms. The molecule has 1 saturated heterocycles. The minimum atomic E-state index is 0.0335. The highest BCUT2D eigenvalue weighted by Gasteiger charge is 2.08. The van der Waals surface area contributed by atoms with E-state index in [9.17, 15) is 4.79 Å². The number of hydrogen-bond acceptors (Lipinski definition) is 3. The summed E-state index contributed by atoms with van der Waals surface area (Å²) < 4.78 is 0. The summed E-state index contributed by atoms with van der Waals surface area (Å²) in [5.74, 6) is 0.0335. The van der Waals surface area contributed by atoms with E-state index in [0.29, 0.717) is 0 Å². The number of likely N-dealkylation sites (tertiary alicyclic amines) is 1. The second-order valence-corrected chi connectivity index (χ2v) is 7.02. The zero-order valence-corrected chi connectivity index (χ0v) is 15.4. The third kappa shape index (κ3) is 6.52. The second kappa shape index (κ2) is 10.3. The molecule has 0 aromatic heterocycles. The van der Waals surface area contributed by atoms with E-state index in [4.69, 9.17) is 0 Å². The van der Waals surface area contributed by atoms with E-state index in [1.807, 2.05) is 43.3 Å². The normalized spacial score (nSPS) is 15.8. The Kier molecular flexibility index (Phi) is 8.10. The van der Waals surface area contributed by atoms with Gasteiger partial charge in [-0.1, -0.05) is 25.3 Å². The highest BCUT2D eigenvalue weighted by molar-refractivity contribution is 5.95. The minimum absolute atomic E-state index is 0.0335. The average molecular weight is 332 g/mol. The first kappa shape index (κ1) is 18.8. The van der Waals surface area contributed by atoms with Gasteiger partial charge in [-0.3, -0.25) is 4.79 Å². The van der Waals surface area contributed by atoms with Crippen LogP contribution < -0.4 is 10.2 Å². The molecule has 1 aromatic carbocycles. The molecule has 1 aliphatic rings. The summed E-state index contributed by atoms with van der Waals surface area (Å²) in [5.41, 5.74) is 1.80. The van der Waals surface area contributed by atoms with Crippen molar-refractivity contribution in [3.8, 4) is 0 Å². The Morgan fingerprint density at radius 2 is 1.83 bits per heavy atom. The zero-order valence-electron chi connectivity index (χ0n) is 15.4. The molecule has 1 heterocycles. The molecular weight excluding hydrogens is 298 g/mol. The molecule has 0 atom stereocenters. The lowest BCUT2D eigenvalue weighted by Gasteiger charge is -2.19. The largest absolute Gasteiger partial charge is 0.378 e. The SMILES string of the molecule is CN(C)c1cccc(C(=O)NCCCCCN2CCCCCC2)c1. The van der Waals surface area contributed by atoms with Gasteiger partial charge in [0.05, 0.1) is 0 Å². The highest BCUT2D eigenvalue weighted by atomic mass is 16.1. The van der Waals surface area contributed by atoms with Crippen molar-refractivity contribution >= 4 is 11.6 Å². The Bertz CT molecular complexity index is 493. The molecule has 1 aliphatic heterocycles. The van der Waals surface area contributed by atoms with Crippen molar-refractivity contribution in [2.75, 3.05) is 45.2 Å². The van der Waals surface area contributed by atoms with Crippen molar-refractivity contribution in [3.63, 3.8) is 0 Å². The van der Waals surface area contributed by atoms with E-state index in [2.05, 4.69) is 10.2 Å². The van der Waals surface area contributed by atoms with Crippen LogP contribution in [0.5, 0.6) is 0 Å². The third-order valence-electron chi connectivity index (χ3n) is 4.76. The Balaban J connectivity index is 1.60. The van der Waals surface area contributed by atoms with Crippen LogP contribution in [0.4, 0.5) is 5.69 Å². The van der Waals surface area contributed by atoms with Crippen LogP contribution >= 0.6 is 0 Å². The predicted octanol–water partition coefficient (Wildman–Crippen LogP) is 3.53. The third-order valence-corrected chi connectivity index (χ3v) is 4.76. The smallest absolute Gasteiger partial charge is 0.251 e. The Morgan fingerprint density at radius 3 is 2.54 bits per heavy atom. The fraction of sp³-hybridized carbons (Fsp3) is 0.650. The predicted molar refractivity (Wildman–Crippen MR) is 102 cm³/mol. The van der Waals surface area contributed by atoms with Gasteiger partial charge >= 0.3 is 0 Å². The van der Waals surface area contributed by atoms with Crippen molar-refractivity contribution in [2.24, 2.45) is 0 Å². The topological polar surface area (TPSA) is 35.6 Å². The molecule has 0 radical (unpaired) electrons. The molecule has 0 spiro atoms. The van der Waals surface area contributed by atoms with E-state index < -0.39 is 0 Å². The summed E-state index contributed by atoms with van der Waals surface area (Å²) in [4.78, 5) is 16.8. The van der Waals surface area contributed by atoms with Gasteiger partial charge in [-0.15, -0.1) is 0 Å². The quantitative estimate of drug-likeness (QED) is 0.740. The number of unbranched alkanes of at least 4 members (excludes halogenated alkanes) is 2. The summed E-state index contributed by atoms with van der Waals surface area (Å²) in [5, 5.41) is 3.04. The fourth-order valence-corrected chi connectivity index (χ4v) is 3.23. The van der Waals surface area contributed by atoms with Crippen LogP contribution in [0.3, 0.4) is 0 Å². The van der Waals surface area contributed by atoms with Crippen LogP contribution in [0.2, 0.25) is 0 Å². The molecule has 24 heavy (non-hydrogen) atoms. The van der Waals surface area contributed by atoms with Crippen molar-refractivity contribution < 1.29 is 4.79 Å². The first-order chi connectivity index (χ1) is 11.7. The van der Waals surface area contributed by atoms with E-state index >= 15 is 0 Å². The van der Waals surface area contributed by atoms with Crippen molar-refractivity contribution in [1.29, 1.82) is 0 Å². The van der Waals surface area contributed by atoms with Crippen LogP contribution in [-0.4, -0.2) is 51.1 Å². The first-order valence-corrected chi connectivity index (χ1v) is 9.45. The first-order valence-electron chi connectivity index (χ1n) is 9.45. The maximum absolute atomic E-state index is 12.2. The number of nitrogens with zero attached hydrogens (tertiary/aromatic N) is 2. The summed E-state index contributed by atoms with van der Waals surface area (Å²) in [7, 11) is 3.97. The molecule has 1 fully saturated rings. The zero-order chi connectivity index (χ0) is 17.2. The molecule has 0 aliphatic carbocycles. The molecule has 1 aromatic rings. The van der Waals surface area contributed by atoms with Gasteiger partial charge < -0.3 is 15.1 Å². The van der Waals surface area contributed by atoms with Crippen LogP contribution in [0, 0.1) is 0 Å². The Morgan fingerprint density at radius 1 is 1.08 bits per heavy atom. The van der Waals surface area contributed by atoms with E-state index in [1.165, 1.54) is 58.2 Å². The van der Waals surface area contributed by atoms with Crippen LogP contribution in [0.25, 0.3) is 0 Å².